The van der Waals surface area contributed by atoms with Crippen molar-refractivity contribution < 1.29 is 4.79 Å². The van der Waals surface area contributed by atoms with Gasteiger partial charge in [0.15, 0.2) is 0 Å². The number of nitrogens with two attached hydrogens (primary N) is 1. The molecule has 0 atom stereocenters. The van der Waals surface area contributed by atoms with Crippen molar-refractivity contribution in [2.75, 3.05) is 13.1 Å². The van der Waals surface area contributed by atoms with Gasteiger partial charge < -0.3 is 10.6 Å². The van der Waals surface area contributed by atoms with Gasteiger partial charge >= 0.3 is 0 Å². The normalized spacial score (nSPS) is 22.0. The van der Waals surface area contributed by atoms with Crippen LogP contribution in [0.1, 0.15) is 58.3 Å². The van der Waals surface area contributed by atoms with E-state index in [-0.39, 0.29) is 5.41 Å². The lowest BCUT2D eigenvalue weighted by atomic mass is 9.66. The van der Waals surface area contributed by atoms with Crippen LogP contribution in [-0.2, 0) is 4.79 Å². The molecule has 2 saturated carbocycles. The summed E-state index contributed by atoms with van der Waals surface area (Å²) in [7, 11) is 0. The molecule has 0 saturated heterocycles. The van der Waals surface area contributed by atoms with Crippen LogP contribution < -0.4 is 5.73 Å². The summed E-state index contributed by atoms with van der Waals surface area (Å²) in [6.45, 7) is 3.83. The van der Waals surface area contributed by atoms with Gasteiger partial charge in [-0.25, -0.2) is 0 Å². The maximum absolute atomic E-state index is 12.4. The minimum absolute atomic E-state index is 0.163. The van der Waals surface area contributed by atoms with Crippen molar-refractivity contribution in [2.45, 2.75) is 64.3 Å². The summed E-state index contributed by atoms with van der Waals surface area (Å²) < 4.78 is 0. The lowest BCUT2D eigenvalue weighted by Crippen LogP contribution is -2.44. The van der Waals surface area contributed by atoms with Crippen LogP contribution in [0.15, 0.2) is 0 Å². The molecule has 0 bridgehead atoms. The summed E-state index contributed by atoms with van der Waals surface area (Å²) in [5, 5.41) is 0. The molecule has 3 nitrogen and oxygen atoms in total. The molecular formula is C14H26N2O. The van der Waals surface area contributed by atoms with Crippen LogP contribution in [0.2, 0.25) is 0 Å². The van der Waals surface area contributed by atoms with Gasteiger partial charge in [0.05, 0.1) is 0 Å². The van der Waals surface area contributed by atoms with Crippen molar-refractivity contribution in [1.82, 2.24) is 4.90 Å². The second kappa shape index (κ2) is 5.38. The number of rotatable bonds is 7. The van der Waals surface area contributed by atoms with E-state index in [9.17, 15) is 4.79 Å². The molecule has 0 unspecified atom stereocenters. The summed E-state index contributed by atoms with van der Waals surface area (Å²) in [5.41, 5.74) is 6.00. The van der Waals surface area contributed by atoms with Crippen molar-refractivity contribution in [3.8, 4) is 0 Å². The number of carbonyl (C=O) groups excluding carboxylic acids is 1. The number of unbranched alkanes of at least 4 members (excludes halogenated alkanes) is 1. The predicted molar refractivity (Wildman–Crippen MR) is 69.6 cm³/mol. The number of carbonyl (C=O) groups is 1. The average Bonchev–Trinajstić information content (AvgIpc) is 3.08. The highest BCUT2D eigenvalue weighted by atomic mass is 16.2. The fraction of sp³-hybridized carbons (Fsp3) is 0.929. The first-order valence-corrected chi connectivity index (χ1v) is 7.20. The zero-order valence-electron chi connectivity index (χ0n) is 11.1. The second-order valence-corrected chi connectivity index (χ2v) is 5.91. The second-order valence-electron chi connectivity index (χ2n) is 5.91. The van der Waals surface area contributed by atoms with E-state index < -0.39 is 0 Å². The molecule has 2 rings (SSSR count). The topological polar surface area (TPSA) is 46.3 Å². The van der Waals surface area contributed by atoms with E-state index in [1.165, 1.54) is 25.7 Å². The first-order valence-electron chi connectivity index (χ1n) is 7.20. The quantitative estimate of drug-likeness (QED) is 0.739. The number of hydrogen-bond acceptors (Lipinski definition) is 2. The van der Waals surface area contributed by atoms with Crippen LogP contribution in [-0.4, -0.2) is 29.9 Å². The number of hydrogen-bond donors (Lipinski definition) is 1. The fourth-order valence-electron chi connectivity index (χ4n) is 2.78. The Kier molecular flexibility index (Phi) is 4.08. The maximum Gasteiger partial charge on any atom is 0.223 e. The van der Waals surface area contributed by atoms with E-state index in [1.807, 2.05) is 0 Å². The molecule has 3 heteroatoms. The van der Waals surface area contributed by atoms with Crippen molar-refractivity contribution in [2.24, 2.45) is 11.1 Å². The van der Waals surface area contributed by atoms with Crippen LogP contribution in [0, 0.1) is 5.41 Å². The van der Waals surface area contributed by atoms with Crippen LogP contribution in [0.3, 0.4) is 0 Å². The molecule has 0 radical (unpaired) electrons. The van der Waals surface area contributed by atoms with Crippen LogP contribution >= 0.6 is 0 Å². The van der Waals surface area contributed by atoms with Gasteiger partial charge in [-0.05, 0) is 44.1 Å². The van der Waals surface area contributed by atoms with Crippen LogP contribution in [0.25, 0.3) is 0 Å². The maximum atomic E-state index is 12.4. The molecule has 2 aliphatic carbocycles. The molecule has 0 aromatic heterocycles. The molecule has 0 aliphatic heterocycles. The summed E-state index contributed by atoms with van der Waals surface area (Å²) in [6, 6.07) is 0.559. The van der Waals surface area contributed by atoms with Crippen LogP contribution in [0.5, 0.6) is 0 Å². The van der Waals surface area contributed by atoms with E-state index in [0.717, 1.165) is 25.8 Å². The molecule has 17 heavy (non-hydrogen) atoms. The Morgan fingerprint density at radius 3 is 2.53 bits per heavy atom. The lowest BCUT2D eigenvalue weighted by molar-refractivity contribution is -0.135. The Morgan fingerprint density at radius 2 is 2.12 bits per heavy atom. The SMILES string of the molecule is CCCCN(C(=O)CC1(CN)CCC1)C1CC1. The third kappa shape index (κ3) is 3.01. The molecular weight excluding hydrogens is 212 g/mol. The molecule has 0 aromatic carbocycles. The summed E-state index contributed by atoms with van der Waals surface area (Å²) in [6.07, 6.45) is 8.99. The largest absolute Gasteiger partial charge is 0.340 e. The summed E-state index contributed by atoms with van der Waals surface area (Å²) in [4.78, 5) is 14.5. The van der Waals surface area contributed by atoms with Gasteiger partial charge in [-0.3, -0.25) is 4.79 Å². The van der Waals surface area contributed by atoms with Gasteiger partial charge in [0.25, 0.3) is 0 Å². The van der Waals surface area contributed by atoms with Gasteiger partial charge in [0.1, 0.15) is 0 Å². The van der Waals surface area contributed by atoms with E-state index in [4.69, 9.17) is 5.73 Å². The standard InChI is InChI=1S/C14H26N2O/c1-2-3-9-16(12-5-6-12)13(17)10-14(11-15)7-4-8-14/h12H,2-11,15H2,1H3. The first-order chi connectivity index (χ1) is 8.21. The zero-order chi connectivity index (χ0) is 12.3. The molecule has 0 heterocycles. The lowest BCUT2D eigenvalue weighted by Gasteiger charge is -2.41. The van der Waals surface area contributed by atoms with Gasteiger partial charge in [0.2, 0.25) is 5.91 Å². The van der Waals surface area contributed by atoms with E-state index in [1.54, 1.807) is 0 Å². The zero-order valence-corrected chi connectivity index (χ0v) is 11.1. The van der Waals surface area contributed by atoms with Crippen molar-refractivity contribution in [3.63, 3.8) is 0 Å². The average molecular weight is 238 g/mol. The van der Waals surface area contributed by atoms with E-state index in [2.05, 4.69) is 11.8 Å². The van der Waals surface area contributed by atoms with Gasteiger partial charge in [0, 0.05) is 19.0 Å². The van der Waals surface area contributed by atoms with Gasteiger partial charge in [-0.15, -0.1) is 0 Å². The Hall–Kier alpha value is -0.570. The minimum atomic E-state index is 0.163. The molecule has 2 fully saturated rings. The number of nitrogens with zero attached hydrogens (tertiary/aromatic N) is 1. The molecule has 98 valence electrons. The molecule has 1 amide bonds. The third-order valence-corrected chi connectivity index (χ3v) is 4.43. The van der Waals surface area contributed by atoms with Gasteiger partial charge in [-0.1, -0.05) is 19.8 Å². The highest BCUT2D eigenvalue weighted by Crippen LogP contribution is 2.44. The monoisotopic (exact) mass is 238 g/mol. The smallest absolute Gasteiger partial charge is 0.223 e. The summed E-state index contributed by atoms with van der Waals surface area (Å²) in [5.74, 6) is 0.367. The first kappa shape index (κ1) is 12.9. The highest BCUT2D eigenvalue weighted by Gasteiger charge is 2.40. The predicted octanol–water partition coefficient (Wildman–Crippen LogP) is 2.30. The van der Waals surface area contributed by atoms with Crippen LogP contribution in [0.4, 0.5) is 0 Å². The van der Waals surface area contributed by atoms with E-state index in [0.29, 0.717) is 24.9 Å². The highest BCUT2D eigenvalue weighted by molar-refractivity contribution is 5.77. The minimum Gasteiger partial charge on any atom is -0.340 e. The molecule has 2 N–H and O–H groups in total. The molecule has 0 aromatic rings. The Labute approximate surface area is 105 Å². The van der Waals surface area contributed by atoms with Gasteiger partial charge in [-0.2, -0.15) is 0 Å². The Balaban J connectivity index is 1.87. The summed E-state index contributed by atoms with van der Waals surface area (Å²) >= 11 is 0. The fourth-order valence-corrected chi connectivity index (χ4v) is 2.78. The molecule has 0 spiro atoms. The molecule has 2 aliphatic rings. The van der Waals surface area contributed by atoms with Crippen molar-refractivity contribution in [3.05, 3.63) is 0 Å². The van der Waals surface area contributed by atoms with Crippen molar-refractivity contribution >= 4 is 5.91 Å². The van der Waals surface area contributed by atoms with Crippen molar-refractivity contribution in [1.29, 1.82) is 0 Å². The Bertz CT molecular complexity index is 264. The van der Waals surface area contributed by atoms with E-state index >= 15 is 0 Å². The Morgan fingerprint density at radius 1 is 1.41 bits per heavy atom. The third-order valence-electron chi connectivity index (χ3n) is 4.43. The number of amides is 1.